The normalized spacial score (nSPS) is 12.9. The van der Waals surface area contributed by atoms with E-state index < -0.39 is 0 Å². The van der Waals surface area contributed by atoms with E-state index in [0.29, 0.717) is 11.7 Å². The van der Waals surface area contributed by atoms with Crippen molar-refractivity contribution in [1.82, 2.24) is 14.5 Å². The van der Waals surface area contributed by atoms with Gasteiger partial charge in [0, 0.05) is 13.2 Å². The van der Waals surface area contributed by atoms with E-state index in [1.165, 1.54) is 0 Å². The highest BCUT2D eigenvalue weighted by molar-refractivity contribution is 5.77. The van der Waals surface area contributed by atoms with Crippen molar-refractivity contribution < 1.29 is 4.74 Å². The summed E-state index contributed by atoms with van der Waals surface area (Å²) in [5, 5.41) is 8.60. The third-order valence-electron chi connectivity index (χ3n) is 3.50. The summed E-state index contributed by atoms with van der Waals surface area (Å²) >= 11 is 0. The van der Waals surface area contributed by atoms with Crippen LogP contribution in [0.5, 0.6) is 5.75 Å². The molecule has 22 heavy (non-hydrogen) atoms. The quantitative estimate of drug-likeness (QED) is 0.687. The first-order chi connectivity index (χ1) is 10.7. The minimum atomic E-state index is -0.212. The van der Waals surface area contributed by atoms with Crippen molar-refractivity contribution in [1.29, 1.82) is 0 Å². The van der Waals surface area contributed by atoms with Crippen molar-refractivity contribution in [2.45, 2.75) is 13.0 Å². The summed E-state index contributed by atoms with van der Waals surface area (Å²) in [4.78, 5) is 8.79. The second kappa shape index (κ2) is 5.93. The number of benzene rings is 1. The topological polar surface area (TPSA) is 64.7 Å². The molecule has 112 valence electrons. The van der Waals surface area contributed by atoms with Gasteiger partial charge < -0.3 is 9.30 Å². The molecule has 1 atom stereocenters. The summed E-state index contributed by atoms with van der Waals surface area (Å²) < 4.78 is 7.22. The third kappa shape index (κ3) is 2.55. The lowest BCUT2D eigenvalue weighted by atomic mass is 10.2. The Kier molecular flexibility index (Phi) is 3.82. The summed E-state index contributed by atoms with van der Waals surface area (Å²) in [6, 6.07) is 11.4. The van der Waals surface area contributed by atoms with E-state index in [1.807, 2.05) is 54.9 Å². The molecule has 1 unspecified atom stereocenters. The van der Waals surface area contributed by atoms with E-state index in [2.05, 4.69) is 20.2 Å². The van der Waals surface area contributed by atoms with Crippen LogP contribution in [0.1, 0.15) is 18.7 Å². The van der Waals surface area contributed by atoms with Crippen molar-refractivity contribution in [3.63, 3.8) is 0 Å². The Bertz CT molecular complexity index is 824. The number of hydrogen-bond acceptors (Lipinski definition) is 5. The lowest BCUT2D eigenvalue weighted by molar-refractivity contribution is 0.403. The van der Waals surface area contributed by atoms with Gasteiger partial charge in [-0.05, 0) is 31.2 Å². The second-order valence-corrected chi connectivity index (χ2v) is 4.94. The molecule has 2 heterocycles. The molecule has 0 aliphatic rings. The van der Waals surface area contributed by atoms with Gasteiger partial charge in [0.25, 0.3) is 0 Å². The maximum Gasteiger partial charge on any atom is 0.249 e. The summed E-state index contributed by atoms with van der Waals surface area (Å²) in [5.41, 5.74) is 2.69. The van der Waals surface area contributed by atoms with Gasteiger partial charge in [0.2, 0.25) is 5.95 Å². The molecule has 0 aliphatic carbocycles. The van der Waals surface area contributed by atoms with E-state index in [-0.39, 0.29) is 6.04 Å². The van der Waals surface area contributed by atoms with Crippen LogP contribution in [-0.4, -0.2) is 21.6 Å². The molecule has 6 nitrogen and oxygen atoms in total. The monoisotopic (exact) mass is 295 g/mol. The van der Waals surface area contributed by atoms with Crippen molar-refractivity contribution in [2.75, 3.05) is 7.11 Å². The number of rotatable bonds is 4. The van der Waals surface area contributed by atoms with E-state index in [9.17, 15) is 0 Å². The van der Waals surface area contributed by atoms with Gasteiger partial charge in [0.05, 0.1) is 18.1 Å². The lowest BCUT2D eigenvalue weighted by Gasteiger charge is -2.09. The SMILES string of the molecule is COc1cccnc1C(C)N=Nc1nc2ccccc2n1C. The van der Waals surface area contributed by atoms with Crippen LogP contribution in [0.25, 0.3) is 11.0 Å². The second-order valence-electron chi connectivity index (χ2n) is 4.94. The molecule has 3 rings (SSSR count). The van der Waals surface area contributed by atoms with Crippen molar-refractivity contribution in [2.24, 2.45) is 17.3 Å². The highest BCUT2D eigenvalue weighted by Crippen LogP contribution is 2.27. The van der Waals surface area contributed by atoms with Gasteiger partial charge in [0.15, 0.2) is 0 Å². The Hall–Kier alpha value is -2.76. The number of imidazole rings is 1. The molecule has 1 aromatic carbocycles. The highest BCUT2D eigenvalue weighted by atomic mass is 16.5. The molecular weight excluding hydrogens is 278 g/mol. The minimum Gasteiger partial charge on any atom is -0.495 e. The van der Waals surface area contributed by atoms with Crippen LogP contribution in [-0.2, 0) is 7.05 Å². The fourth-order valence-corrected chi connectivity index (χ4v) is 2.30. The number of methoxy groups -OCH3 is 1. The number of aryl methyl sites for hydroxylation is 1. The molecule has 0 radical (unpaired) electrons. The molecule has 0 spiro atoms. The predicted molar refractivity (Wildman–Crippen MR) is 84.4 cm³/mol. The highest BCUT2D eigenvalue weighted by Gasteiger charge is 2.12. The number of para-hydroxylation sites is 2. The molecule has 3 aromatic rings. The van der Waals surface area contributed by atoms with Crippen molar-refractivity contribution >= 4 is 17.0 Å². The van der Waals surface area contributed by atoms with E-state index in [0.717, 1.165) is 16.7 Å². The largest absolute Gasteiger partial charge is 0.495 e. The van der Waals surface area contributed by atoms with E-state index in [4.69, 9.17) is 4.74 Å². The van der Waals surface area contributed by atoms with Gasteiger partial charge >= 0.3 is 0 Å². The number of nitrogens with zero attached hydrogens (tertiary/aromatic N) is 5. The number of azo groups is 1. The van der Waals surface area contributed by atoms with Crippen molar-refractivity contribution in [3.05, 3.63) is 48.3 Å². The molecule has 6 heteroatoms. The van der Waals surface area contributed by atoms with Crippen LogP contribution in [0, 0.1) is 0 Å². The molecule has 2 aromatic heterocycles. The Morgan fingerprint density at radius 3 is 2.77 bits per heavy atom. The maximum atomic E-state index is 5.31. The summed E-state index contributed by atoms with van der Waals surface area (Å²) in [7, 11) is 3.55. The first-order valence-electron chi connectivity index (χ1n) is 7.02. The fourth-order valence-electron chi connectivity index (χ4n) is 2.30. The first-order valence-corrected chi connectivity index (χ1v) is 7.02. The zero-order valence-corrected chi connectivity index (χ0v) is 12.8. The molecule has 0 aliphatic heterocycles. The van der Waals surface area contributed by atoms with Crippen LogP contribution in [0.3, 0.4) is 0 Å². The third-order valence-corrected chi connectivity index (χ3v) is 3.50. The standard InChI is InChI=1S/C16H17N5O/c1-11(15-14(22-3)9-6-10-17-15)19-20-16-18-12-7-4-5-8-13(12)21(16)2/h4-11H,1-3H3. The molecule has 0 bridgehead atoms. The number of fused-ring (bicyclic) bond motifs is 1. The van der Waals surface area contributed by atoms with Gasteiger partial charge in [-0.3, -0.25) is 4.98 Å². The smallest absolute Gasteiger partial charge is 0.249 e. The minimum absolute atomic E-state index is 0.212. The van der Waals surface area contributed by atoms with Crippen LogP contribution in [0.15, 0.2) is 52.8 Å². The molecular formula is C16H17N5O. The van der Waals surface area contributed by atoms with Gasteiger partial charge in [-0.1, -0.05) is 12.1 Å². The number of hydrogen-bond donors (Lipinski definition) is 0. The van der Waals surface area contributed by atoms with Crippen LogP contribution in [0.4, 0.5) is 5.95 Å². The van der Waals surface area contributed by atoms with Gasteiger partial charge in [-0.25, -0.2) is 4.98 Å². The zero-order chi connectivity index (χ0) is 15.5. The average Bonchev–Trinajstić information content (AvgIpc) is 2.89. The fraction of sp³-hybridized carbons (Fsp3) is 0.250. The maximum absolute atomic E-state index is 5.31. The van der Waals surface area contributed by atoms with Gasteiger partial charge in [0.1, 0.15) is 17.5 Å². The van der Waals surface area contributed by atoms with Crippen LogP contribution in [0.2, 0.25) is 0 Å². The molecule has 0 amide bonds. The number of pyridine rings is 1. The van der Waals surface area contributed by atoms with Gasteiger partial charge in [-0.15, -0.1) is 5.11 Å². The predicted octanol–water partition coefficient (Wildman–Crippen LogP) is 3.82. The van der Waals surface area contributed by atoms with E-state index >= 15 is 0 Å². The summed E-state index contributed by atoms with van der Waals surface area (Å²) in [5.74, 6) is 1.28. The Labute approximate surface area is 128 Å². The van der Waals surface area contributed by atoms with Crippen LogP contribution < -0.4 is 4.74 Å². The van der Waals surface area contributed by atoms with Gasteiger partial charge in [-0.2, -0.15) is 5.11 Å². The van der Waals surface area contributed by atoms with Crippen LogP contribution >= 0.6 is 0 Å². The molecule has 0 fully saturated rings. The molecule has 0 N–H and O–H groups in total. The average molecular weight is 295 g/mol. The number of ether oxygens (including phenoxy) is 1. The Morgan fingerprint density at radius 2 is 2.00 bits per heavy atom. The number of aromatic nitrogens is 3. The Morgan fingerprint density at radius 1 is 1.18 bits per heavy atom. The Balaban J connectivity index is 1.90. The summed E-state index contributed by atoms with van der Waals surface area (Å²) in [6.07, 6.45) is 1.72. The zero-order valence-electron chi connectivity index (χ0n) is 12.8. The van der Waals surface area contributed by atoms with E-state index in [1.54, 1.807) is 13.3 Å². The lowest BCUT2D eigenvalue weighted by Crippen LogP contribution is -1.98. The molecule has 0 saturated heterocycles. The van der Waals surface area contributed by atoms with Crippen molar-refractivity contribution in [3.8, 4) is 5.75 Å². The molecule has 0 saturated carbocycles. The first kappa shape index (κ1) is 14.2. The summed E-state index contributed by atoms with van der Waals surface area (Å²) in [6.45, 7) is 1.93.